The Morgan fingerprint density at radius 1 is 1.40 bits per heavy atom. The van der Waals surface area contributed by atoms with E-state index < -0.39 is 0 Å². The largest absolute Gasteiger partial charge is 0.299 e. The van der Waals surface area contributed by atoms with Crippen molar-refractivity contribution in [1.29, 1.82) is 0 Å². The second-order valence-corrected chi connectivity index (χ2v) is 6.53. The lowest BCUT2D eigenvalue weighted by Crippen LogP contribution is -2.19. The Morgan fingerprint density at radius 2 is 2.25 bits per heavy atom. The summed E-state index contributed by atoms with van der Waals surface area (Å²) in [5.74, 6) is -0.215. The van der Waals surface area contributed by atoms with Crippen molar-refractivity contribution in [2.45, 2.75) is 31.6 Å². The number of Topliss-reactive ketones (excluding diaryl/α,β-unsaturated/α-hetero) is 1. The van der Waals surface area contributed by atoms with Crippen molar-refractivity contribution in [3.05, 3.63) is 56.5 Å². The van der Waals surface area contributed by atoms with Gasteiger partial charge in [0, 0.05) is 22.2 Å². The molecule has 1 unspecified atom stereocenters. The maximum atomic E-state index is 13.0. The predicted octanol–water partition coefficient (Wildman–Crippen LogP) is 4.77. The van der Waals surface area contributed by atoms with E-state index in [0.29, 0.717) is 10.6 Å². The summed E-state index contributed by atoms with van der Waals surface area (Å²) in [5.41, 5.74) is 1.89. The molecule has 1 atom stereocenters. The second-order valence-electron chi connectivity index (χ2n) is 5.12. The minimum atomic E-state index is -0.371. The van der Waals surface area contributed by atoms with Crippen LogP contribution in [0.2, 0.25) is 5.02 Å². The van der Waals surface area contributed by atoms with Gasteiger partial charge in [-0.1, -0.05) is 17.7 Å². The molecule has 1 aromatic carbocycles. The van der Waals surface area contributed by atoms with Gasteiger partial charge in [-0.05, 0) is 54.0 Å². The van der Waals surface area contributed by atoms with Crippen LogP contribution in [0.5, 0.6) is 0 Å². The molecule has 4 heteroatoms. The second kappa shape index (κ2) is 5.66. The van der Waals surface area contributed by atoms with Gasteiger partial charge in [0.25, 0.3) is 0 Å². The fraction of sp³-hybridized carbons (Fsp3) is 0.312. The summed E-state index contributed by atoms with van der Waals surface area (Å²) in [6, 6.07) is 6.29. The van der Waals surface area contributed by atoms with E-state index in [1.165, 1.54) is 22.6 Å². The molecule has 1 nitrogen and oxygen atoms in total. The number of benzene rings is 1. The van der Waals surface area contributed by atoms with Crippen molar-refractivity contribution in [2.75, 3.05) is 0 Å². The molecular formula is C16H14ClFOS. The molecule has 0 amide bonds. The Kier molecular flexibility index (Phi) is 3.90. The number of aryl methyl sites for hydroxylation is 1. The number of thiophene rings is 1. The van der Waals surface area contributed by atoms with Crippen molar-refractivity contribution in [1.82, 2.24) is 0 Å². The van der Waals surface area contributed by atoms with Gasteiger partial charge < -0.3 is 0 Å². The van der Waals surface area contributed by atoms with Crippen LogP contribution >= 0.6 is 22.9 Å². The molecular weight excluding hydrogens is 295 g/mol. The van der Waals surface area contributed by atoms with E-state index in [1.807, 2.05) is 0 Å². The van der Waals surface area contributed by atoms with E-state index >= 15 is 0 Å². The Balaban J connectivity index is 1.81. The van der Waals surface area contributed by atoms with Gasteiger partial charge in [-0.3, -0.25) is 4.79 Å². The molecule has 2 aromatic rings. The highest BCUT2D eigenvalue weighted by Crippen LogP contribution is 2.36. The van der Waals surface area contributed by atoms with Crippen LogP contribution in [0.3, 0.4) is 0 Å². The number of hydrogen-bond acceptors (Lipinski definition) is 2. The molecule has 0 bridgehead atoms. The summed E-state index contributed by atoms with van der Waals surface area (Å²) in [5, 5.41) is 2.39. The van der Waals surface area contributed by atoms with Crippen molar-refractivity contribution in [2.24, 2.45) is 0 Å². The quantitative estimate of drug-likeness (QED) is 0.798. The fourth-order valence-electron chi connectivity index (χ4n) is 2.80. The molecule has 0 saturated heterocycles. The van der Waals surface area contributed by atoms with Crippen LogP contribution in [-0.4, -0.2) is 5.78 Å². The van der Waals surface area contributed by atoms with Gasteiger partial charge in [-0.25, -0.2) is 4.39 Å². The summed E-state index contributed by atoms with van der Waals surface area (Å²) < 4.78 is 13.0. The smallest absolute Gasteiger partial charge is 0.144 e. The van der Waals surface area contributed by atoms with Gasteiger partial charge in [0.15, 0.2) is 0 Å². The zero-order chi connectivity index (χ0) is 14.1. The summed E-state index contributed by atoms with van der Waals surface area (Å²) in [6.45, 7) is 0. The maximum absolute atomic E-state index is 13.0. The van der Waals surface area contributed by atoms with E-state index in [2.05, 4.69) is 11.4 Å². The summed E-state index contributed by atoms with van der Waals surface area (Å²) in [4.78, 5) is 13.9. The monoisotopic (exact) mass is 308 g/mol. The first kappa shape index (κ1) is 13.8. The third-order valence-electron chi connectivity index (χ3n) is 3.82. The lowest BCUT2D eigenvalue weighted by atomic mass is 9.83. The van der Waals surface area contributed by atoms with Gasteiger partial charge >= 0.3 is 0 Å². The first-order chi connectivity index (χ1) is 9.65. The average molecular weight is 309 g/mol. The first-order valence-electron chi connectivity index (χ1n) is 6.68. The molecule has 1 heterocycles. The molecule has 0 fully saturated rings. The van der Waals surface area contributed by atoms with Crippen LogP contribution in [0.1, 0.15) is 34.8 Å². The van der Waals surface area contributed by atoms with Crippen LogP contribution in [0.4, 0.5) is 4.39 Å². The molecule has 0 radical (unpaired) electrons. The summed E-state index contributed by atoms with van der Waals surface area (Å²) in [6.07, 6.45) is 3.32. The Bertz CT molecular complexity index is 650. The normalized spacial score (nSPS) is 17.8. The zero-order valence-corrected chi connectivity index (χ0v) is 12.4. The van der Waals surface area contributed by atoms with Crippen LogP contribution in [0.15, 0.2) is 29.6 Å². The zero-order valence-electron chi connectivity index (χ0n) is 10.9. The van der Waals surface area contributed by atoms with Crippen molar-refractivity contribution in [3.63, 3.8) is 0 Å². The van der Waals surface area contributed by atoms with Crippen LogP contribution in [0.25, 0.3) is 0 Å². The van der Waals surface area contributed by atoms with E-state index in [9.17, 15) is 9.18 Å². The molecule has 20 heavy (non-hydrogen) atoms. The highest BCUT2D eigenvalue weighted by Gasteiger charge is 2.27. The maximum Gasteiger partial charge on any atom is 0.144 e. The van der Waals surface area contributed by atoms with E-state index in [-0.39, 0.29) is 23.9 Å². The minimum Gasteiger partial charge on any atom is -0.299 e. The van der Waals surface area contributed by atoms with E-state index in [4.69, 9.17) is 11.6 Å². The molecule has 3 rings (SSSR count). The molecule has 1 aromatic heterocycles. The number of rotatable bonds is 3. The van der Waals surface area contributed by atoms with Crippen LogP contribution < -0.4 is 0 Å². The van der Waals surface area contributed by atoms with E-state index in [1.54, 1.807) is 17.4 Å². The van der Waals surface area contributed by atoms with Gasteiger partial charge in [-0.15, -0.1) is 11.3 Å². The van der Waals surface area contributed by atoms with Gasteiger partial charge in [-0.2, -0.15) is 0 Å². The van der Waals surface area contributed by atoms with Crippen molar-refractivity contribution in [3.8, 4) is 0 Å². The lowest BCUT2D eigenvalue weighted by molar-refractivity contribution is -0.120. The Hall–Kier alpha value is -1.19. The number of hydrogen-bond donors (Lipinski definition) is 0. The fourth-order valence-corrected chi connectivity index (χ4v) is 4.02. The minimum absolute atomic E-state index is 0.0221. The number of carbonyl (C=O) groups is 1. The summed E-state index contributed by atoms with van der Waals surface area (Å²) >= 11 is 7.73. The molecule has 0 N–H and O–H groups in total. The SMILES string of the molecule is O=C(Cc1ccc(F)cc1Cl)C1CCCc2sccc21. The van der Waals surface area contributed by atoms with Gasteiger partial charge in [0.2, 0.25) is 0 Å². The van der Waals surface area contributed by atoms with Crippen LogP contribution in [-0.2, 0) is 17.6 Å². The first-order valence-corrected chi connectivity index (χ1v) is 7.94. The number of halogens is 2. The Morgan fingerprint density at radius 3 is 3.05 bits per heavy atom. The molecule has 0 spiro atoms. The van der Waals surface area contributed by atoms with Gasteiger partial charge in [0.05, 0.1) is 0 Å². The number of carbonyl (C=O) groups excluding carboxylic acids is 1. The van der Waals surface area contributed by atoms with Crippen molar-refractivity contribution >= 4 is 28.7 Å². The number of fused-ring (bicyclic) bond motifs is 1. The molecule has 0 aliphatic heterocycles. The third kappa shape index (κ3) is 2.65. The highest BCUT2D eigenvalue weighted by atomic mass is 35.5. The molecule has 104 valence electrons. The molecule has 1 aliphatic carbocycles. The van der Waals surface area contributed by atoms with E-state index in [0.717, 1.165) is 19.3 Å². The Labute approximate surface area is 126 Å². The number of ketones is 1. The molecule has 0 saturated carbocycles. The third-order valence-corrected chi connectivity index (χ3v) is 5.17. The highest BCUT2D eigenvalue weighted by molar-refractivity contribution is 7.10. The topological polar surface area (TPSA) is 17.1 Å². The average Bonchev–Trinajstić information content (AvgIpc) is 2.90. The molecule has 1 aliphatic rings. The summed E-state index contributed by atoms with van der Waals surface area (Å²) in [7, 11) is 0. The lowest BCUT2D eigenvalue weighted by Gasteiger charge is -2.21. The van der Waals surface area contributed by atoms with Gasteiger partial charge in [0.1, 0.15) is 11.6 Å². The van der Waals surface area contributed by atoms with Crippen molar-refractivity contribution < 1.29 is 9.18 Å². The van der Waals surface area contributed by atoms with Crippen LogP contribution in [0, 0.1) is 5.82 Å². The predicted molar refractivity (Wildman–Crippen MR) is 80.1 cm³/mol. The standard InChI is InChI=1S/C16H14ClFOS/c17-14-9-11(18)5-4-10(14)8-15(19)12-2-1-3-16-13(12)6-7-20-16/h4-7,9,12H,1-3,8H2.